The Morgan fingerprint density at radius 2 is 2.19 bits per heavy atom. The van der Waals surface area contributed by atoms with Crippen molar-refractivity contribution in [3.8, 4) is 0 Å². The van der Waals surface area contributed by atoms with Crippen molar-refractivity contribution in [2.24, 2.45) is 5.92 Å². The molecule has 136 valence electrons. The molecule has 2 N–H and O–H groups in total. The van der Waals surface area contributed by atoms with Gasteiger partial charge in [0.05, 0.1) is 12.1 Å². The van der Waals surface area contributed by atoms with Crippen molar-refractivity contribution in [2.75, 3.05) is 0 Å². The van der Waals surface area contributed by atoms with Crippen LogP contribution in [-0.4, -0.2) is 32.9 Å². The first-order valence-electron chi connectivity index (χ1n) is 9.09. The Morgan fingerprint density at radius 3 is 3.00 bits per heavy atom. The third-order valence-corrected chi connectivity index (χ3v) is 5.05. The summed E-state index contributed by atoms with van der Waals surface area (Å²) in [5, 5.41) is 18.5. The van der Waals surface area contributed by atoms with Crippen LogP contribution < -0.4 is 5.32 Å². The summed E-state index contributed by atoms with van der Waals surface area (Å²) in [6.45, 7) is 0.773. The average molecular weight is 353 g/mol. The Kier molecular flexibility index (Phi) is 4.75. The second kappa shape index (κ2) is 7.33. The van der Waals surface area contributed by atoms with E-state index in [4.69, 9.17) is 4.42 Å². The van der Waals surface area contributed by atoms with Gasteiger partial charge in [0, 0.05) is 37.2 Å². The number of nitrogens with zero attached hydrogens (tertiary/aromatic N) is 2. The molecule has 0 aliphatic heterocycles. The lowest BCUT2D eigenvalue weighted by Crippen LogP contribution is -2.40. The number of nitrogens with one attached hydrogen (secondary N) is 1. The van der Waals surface area contributed by atoms with Crippen LogP contribution in [0.5, 0.6) is 0 Å². The molecule has 6 nitrogen and oxygen atoms in total. The molecule has 6 heteroatoms. The number of para-hydroxylation sites is 1. The first kappa shape index (κ1) is 16.8. The Morgan fingerprint density at radius 1 is 1.31 bits per heavy atom. The summed E-state index contributed by atoms with van der Waals surface area (Å²) in [6.07, 6.45) is 5.55. The van der Waals surface area contributed by atoms with Gasteiger partial charge in [0.15, 0.2) is 0 Å². The summed E-state index contributed by atoms with van der Waals surface area (Å²) in [7, 11) is 0. The van der Waals surface area contributed by atoms with Crippen LogP contribution in [0.2, 0.25) is 0 Å². The fraction of sp³-hybridized carbons (Fsp3) is 0.400. The zero-order valence-electron chi connectivity index (χ0n) is 14.5. The molecule has 2 heterocycles. The molecule has 0 saturated heterocycles. The SMILES string of the molecule is O=C(CCc1cc2ccccc2o1)N[C@@H]1CC(Cn2cccn2)C[C@H]1O. The normalized spacial score (nSPS) is 22.7. The van der Waals surface area contributed by atoms with Crippen molar-refractivity contribution in [3.63, 3.8) is 0 Å². The summed E-state index contributed by atoms with van der Waals surface area (Å²) in [5.41, 5.74) is 0.843. The van der Waals surface area contributed by atoms with Gasteiger partial charge in [-0.1, -0.05) is 18.2 Å². The number of benzene rings is 1. The fourth-order valence-electron chi connectivity index (χ4n) is 3.77. The van der Waals surface area contributed by atoms with Crippen LogP contribution in [0.25, 0.3) is 11.0 Å². The number of fused-ring (bicyclic) bond motifs is 1. The number of aliphatic hydroxyl groups excluding tert-OH is 1. The van der Waals surface area contributed by atoms with Gasteiger partial charge in [-0.15, -0.1) is 0 Å². The molecule has 1 aliphatic carbocycles. The molecule has 0 radical (unpaired) electrons. The summed E-state index contributed by atoms with van der Waals surface area (Å²) in [5.74, 6) is 1.09. The van der Waals surface area contributed by atoms with Gasteiger partial charge in [-0.05, 0) is 37.0 Å². The van der Waals surface area contributed by atoms with Crippen LogP contribution in [0.1, 0.15) is 25.0 Å². The molecule has 2 aromatic heterocycles. The second-order valence-corrected chi connectivity index (χ2v) is 7.06. The number of amides is 1. The highest BCUT2D eigenvalue weighted by atomic mass is 16.3. The highest BCUT2D eigenvalue weighted by Crippen LogP contribution is 2.27. The summed E-state index contributed by atoms with van der Waals surface area (Å²) < 4.78 is 7.62. The van der Waals surface area contributed by atoms with Gasteiger partial charge in [0.25, 0.3) is 0 Å². The van der Waals surface area contributed by atoms with Crippen LogP contribution >= 0.6 is 0 Å². The Bertz CT molecular complexity index is 838. The van der Waals surface area contributed by atoms with Crippen molar-refractivity contribution in [3.05, 3.63) is 54.6 Å². The van der Waals surface area contributed by atoms with Gasteiger partial charge in [-0.3, -0.25) is 9.48 Å². The Balaban J connectivity index is 1.27. The molecule has 1 fully saturated rings. The number of carbonyl (C=O) groups excluding carboxylic acids is 1. The topological polar surface area (TPSA) is 80.3 Å². The molecule has 3 aromatic rings. The third-order valence-electron chi connectivity index (χ3n) is 5.05. The van der Waals surface area contributed by atoms with Gasteiger partial charge in [0.2, 0.25) is 5.91 Å². The quantitative estimate of drug-likeness (QED) is 0.714. The maximum atomic E-state index is 12.3. The fourth-order valence-corrected chi connectivity index (χ4v) is 3.77. The van der Waals surface area contributed by atoms with Crippen LogP contribution in [0.15, 0.2) is 53.2 Å². The first-order chi connectivity index (χ1) is 12.7. The highest BCUT2D eigenvalue weighted by Gasteiger charge is 2.34. The molecule has 1 unspecified atom stereocenters. The minimum Gasteiger partial charge on any atom is -0.461 e. The number of hydrogen-bond acceptors (Lipinski definition) is 4. The minimum atomic E-state index is -0.495. The summed E-state index contributed by atoms with van der Waals surface area (Å²) >= 11 is 0. The second-order valence-electron chi connectivity index (χ2n) is 7.06. The number of carbonyl (C=O) groups is 1. The van der Waals surface area contributed by atoms with Crippen molar-refractivity contribution in [1.82, 2.24) is 15.1 Å². The number of furan rings is 1. The summed E-state index contributed by atoms with van der Waals surface area (Å²) in [6, 6.07) is 11.5. The number of rotatable bonds is 6. The Labute approximate surface area is 151 Å². The van der Waals surface area contributed by atoms with E-state index in [9.17, 15) is 9.90 Å². The van der Waals surface area contributed by atoms with E-state index in [0.717, 1.165) is 29.7 Å². The van der Waals surface area contributed by atoms with E-state index >= 15 is 0 Å². The van der Waals surface area contributed by atoms with E-state index in [1.165, 1.54) is 0 Å². The molecule has 1 amide bonds. The molecule has 0 spiro atoms. The average Bonchev–Trinajstić information content (AvgIpc) is 3.34. The van der Waals surface area contributed by atoms with Gasteiger partial charge >= 0.3 is 0 Å². The van der Waals surface area contributed by atoms with Crippen LogP contribution in [-0.2, 0) is 17.8 Å². The van der Waals surface area contributed by atoms with Gasteiger partial charge in [-0.2, -0.15) is 5.10 Å². The molecule has 1 saturated carbocycles. The van der Waals surface area contributed by atoms with Crippen molar-refractivity contribution >= 4 is 16.9 Å². The third kappa shape index (κ3) is 3.80. The van der Waals surface area contributed by atoms with Crippen LogP contribution in [0.4, 0.5) is 0 Å². The molecule has 26 heavy (non-hydrogen) atoms. The van der Waals surface area contributed by atoms with E-state index in [1.807, 2.05) is 47.3 Å². The molecule has 0 bridgehead atoms. The number of aryl methyl sites for hydroxylation is 1. The van der Waals surface area contributed by atoms with Gasteiger partial charge < -0.3 is 14.8 Å². The van der Waals surface area contributed by atoms with E-state index < -0.39 is 6.10 Å². The highest BCUT2D eigenvalue weighted by molar-refractivity contribution is 5.79. The lowest BCUT2D eigenvalue weighted by atomic mass is 10.1. The van der Waals surface area contributed by atoms with E-state index in [1.54, 1.807) is 6.20 Å². The maximum absolute atomic E-state index is 12.3. The lowest BCUT2D eigenvalue weighted by Gasteiger charge is -2.16. The van der Waals surface area contributed by atoms with E-state index in [-0.39, 0.29) is 11.9 Å². The molecular weight excluding hydrogens is 330 g/mol. The monoisotopic (exact) mass is 353 g/mol. The lowest BCUT2D eigenvalue weighted by molar-refractivity contribution is -0.122. The summed E-state index contributed by atoms with van der Waals surface area (Å²) in [4.78, 5) is 12.3. The molecule has 1 aromatic carbocycles. The van der Waals surface area contributed by atoms with E-state index in [0.29, 0.717) is 25.2 Å². The zero-order valence-corrected chi connectivity index (χ0v) is 14.5. The van der Waals surface area contributed by atoms with Crippen LogP contribution in [0.3, 0.4) is 0 Å². The molecule has 1 aliphatic rings. The number of aliphatic hydroxyl groups is 1. The Hall–Kier alpha value is -2.60. The van der Waals surface area contributed by atoms with E-state index in [2.05, 4.69) is 10.4 Å². The van der Waals surface area contributed by atoms with Crippen molar-refractivity contribution < 1.29 is 14.3 Å². The minimum absolute atomic E-state index is 0.0470. The van der Waals surface area contributed by atoms with Gasteiger partial charge in [0.1, 0.15) is 11.3 Å². The van der Waals surface area contributed by atoms with Crippen LogP contribution in [0, 0.1) is 5.92 Å². The van der Waals surface area contributed by atoms with Crippen molar-refractivity contribution in [2.45, 2.75) is 44.4 Å². The molecular formula is C20H23N3O3. The standard InChI is InChI=1S/C20H23N3O3/c24-18-11-14(13-23-9-3-8-21-23)10-17(18)22-20(25)7-6-16-12-15-4-1-2-5-19(15)26-16/h1-5,8-9,12,14,17-18,24H,6-7,10-11,13H2,(H,22,25)/t14?,17-,18-/m1/s1. The molecule has 3 atom stereocenters. The first-order valence-corrected chi connectivity index (χ1v) is 9.09. The largest absolute Gasteiger partial charge is 0.461 e. The smallest absolute Gasteiger partial charge is 0.220 e. The molecule has 4 rings (SSSR count). The van der Waals surface area contributed by atoms with Crippen molar-refractivity contribution in [1.29, 1.82) is 0 Å². The van der Waals surface area contributed by atoms with Gasteiger partial charge in [-0.25, -0.2) is 0 Å². The predicted octanol–water partition coefficient (Wildman–Crippen LogP) is 2.52. The maximum Gasteiger partial charge on any atom is 0.220 e. The number of aromatic nitrogens is 2. The predicted molar refractivity (Wildman–Crippen MR) is 97.4 cm³/mol. The zero-order chi connectivity index (χ0) is 17.9. The number of hydrogen-bond donors (Lipinski definition) is 2.